The minimum atomic E-state index is -0.407. The Bertz CT molecular complexity index is 626. The zero-order valence-electron chi connectivity index (χ0n) is 12.5. The summed E-state index contributed by atoms with van der Waals surface area (Å²) in [5.41, 5.74) is 7.60. The molecule has 21 heavy (non-hydrogen) atoms. The summed E-state index contributed by atoms with van der Waals surface area (Å²) in [5, 5.41) is 0. The topological polar surface area (TPSA) is 44.5 Å². The molecule has 4 heteroatoms. The number of benzene rings is 2. The van der Waals surface area contributed by atoms with Gasteiger partial charge in [-0.05, 0) is 49.6 Å². The van der Waals surface area contributed by atoms with Gasteiger partial charge in [-0.25, -0.2) is 4.39 Å². The molecule has 1 atom stereocenters. The fourth-order valence-electron chi connectivity index (χ4n) is 2.14. The highest BCUT2D eigenvalue weighted by molar-refractivity contribution is 5.47. The van der Waals surface area contributed by atoms with E-state index in [2.05, 4.69) is 0 Å². The zero-order valence-corrected chi connectivity index (χ0v) is 12.5. The number of hydrogen-bond donors (Lipinski definition) is 1. The largest absolute Gasteiger partial charge is 0.493 e. The third-order valence-corrected chi connectivity index (χ3v) is 3.12. The van der Waals surface area contributed by atoms with Crippen molar-refractivity contribution in [3.63, 3.8) is 0 Å². The van der Waals surface area contributed by atoms with Crippen LogP contribution in [0.1, 0.15) is 18.1 Å². The summed E-state index contributed by atoms with van der Waals surface area (Å²) in [6.45, 7) is 3.83. The molecule has 0 saturated carbocycles. The Morgan fingerprint density at radius 2 is 1.95 bits per heavy atom. The highest BCUT2D eigenvalue weighted by atomic mass is 19.1. The number of rotatable bonds is 5. The van der Waals surface area contributed by atoms with E-state index in [9.17, 15) is 4.39 Å². The van der Waals surface area contributed by atoms with Gasteiger partial charge in [-0.15, -0.1) is 0 Å². The number of ether oxygens (including phenoxy) is 2. The number of para-hydroxylation sites is 1. The fourth-order valence-corrected chi connectivity index (χ4v) is 2.14. The smallest absolute Gasteiger partial charge is 0.169 e. The van der Waals surface area contributed by atoms with Crippen LogP contribution in [-0.4, -0.2) is 13.2 Å². The lowest BCUT2D eigenvalue weighted by atomic mass is 10.1. The lowest BCUT2D eigenvalue weighted by Crippen LogP contribution is -2.18. The molecular weight excluding hydrogens is 269 g/mol. The van der Waals surface area contributed by atoms with Crippen molar-refractivity contribution in [3.8, 4) is 17.2 Å². The highest BCUT2D eigenvalue weighted by Gasteiger charge is 2.14. The molecule has 0 saturated heterocycles. The molecule has 0 bridgehead atoms. The Hall–Kier alpha value is -2.07. The van der Waals surface area contributed by atoms with E-state index in [1.54, 1.807) is 19.2 Å². The molecule has 3 nitrogen and oxygen atoms in total. The maximum Gasteiger partial charge on any atom is 0.169 e. The van der Waals surface area contributed by atoms with E-state index in [4.69, 9.17) is 15.2 Å². The van der Waals surface area contributed by atoms with E-state index in [1.807, 2.05) is 32.0 Å². The fraction of sp³-hybridized carbons (Fsp3) is 0.294. The van der Waals surface area contributed by atoms with Crippen molar-refractivity contribution in [3.05, 3.63) is 53.3 Å². The summed E-state index contributed by atoms with van der Waals surface area (Å²) < 4.78 is 25.1. The molecule has 2 N–H and O–H groups in total. The average Bonchev–Trinajstić information content (AvgIpc) is 2.43. The molecule has 0 aliphatic rings. The third kappa shape index (κ3) is 3.73. The highest BCUT2D eigenvalue weighted by Crippen LogP contribution is 2.35. The Balaban J connectivity index is 2.39. The van der Waals surface area contributed by atoms with Gasteiger partial charge in [0, 0.05) is 6.04 Å². The first-order valence-corrected chi connectivity index (χ1v) is 6.86. The van der Waals surface area contributed by atoms with E-state index in [0.717, 1.165) is 11.1 Å². The SMILES string of the molecule is COc1cc(C)ccc1Oc1c(F)cccc1CC(C)N. The molecule has 2 rings (SSSR count). The van der Waals surface area contributed by atoms with Crippen molar-refractivity contribution in [1.82, 2.24) is 0 Å². The summed E-state index contributed by atoms with van der Waals surface area (Å²) >= 11 is 0. The summed E-state index contributed by atoms with van der Waals surface area (Å²) in [5.74, 6) is 0.858. The summed E-state index contributed by atoms with van der Waals surface area (Å²) in [7, 11) is 1.56. The van der Waals surface area contributed by atoms with Gasteiger partial charge in [-0.3, -0.25) is 0 Å². The normalized spacial score (nSPS) is 12.0. The standard InChI is InChI=1S/C17H20FNO2/c1-11-7-8-15(16(9-11)20-3)21-17-13(10-12(2)19)5-4-6-14(17)18/h4-9,12H,10,19H2,1-3H3. The van der Waals surface area contributed by atoms with Crippen LogP contribution < -0.4 is 15.2 Å². The minimum Gasteiger partial charge on any atom is -0.493 e. The van der Waals surface area contributed by atoms with E-state index < -0.39 is 5.82 Å². The second-order valence-corrected chi connectivity index (χ2v) is 5.17. The Morgan fingerprint density at radius 3 is 2.62 bits per heavy atom. The van der Waals surface area contributed by atoms with Gasteiger partial charge in [0.05, 0.1) is 7.11 Å². The maximum absolute atomic E-state index is 14.1. The molecular formula is C17H20FNO2. The molecule has 0 aliphatic carbocycles. The van der Waals surface area contributed by atoms with Crippen molar-refractivity contribution in [1.29, 1.82) is 0 Å². The number of nitrogens with two attached hydrogens (primary N) is 1. The first kappa shape index (κ1) is 15.3. The van der Waals surface area contributed by atoms with Crippen LogP contribution in [0, 0.1) is 12.7 Å². The van der Waals surface area contributed by atoms with E-state index in [0.29, 0.717) is 17.9 Å². The van der Waals surface area contributed by atoms with E-state index >= 15 is 0 Å². The summed E-state index contributed by atoms with van der Waals surface area (Å²) in [6.07, 6.45) is 0.543. The average molecular weight is 289 g/mol. The minimum absolute atomic E-state index is 0.0749. The molecule has 0 aliphatic heterocycles. The van der Waals surface area contributed by atoms with Crippen molar-refractivity contribution in [2.24, 2.45) is 5.73 Å². The molecule has 0 amide bonds. The predicted octanol–water partition coefficient (Wildman–Crippen LogP) is 3.82. The van der Waals surface area contributed by atoms with Gasteiger partial charge in [0.25, 0.3) is 0 Å². The van der Waals surface area contributed by atoms with Gasteiger partial charge in [0.1, 0.15) is 0 Å². The van der Waals surface area contributed by atoms with Crippen LogP contribution in [0.4, 0.5) is 4.39 Å². The Morgan fingerprint density at radius 1 is 1.19 bits per heavy atom. The lowest BCUT2D eigenvalue weighted by molar-refractivity contribution is 0.368. The monoisotopic (exact) mass is 289 g/mol. The number of halogens is 1. The lowest BCUT2D eigenvalue weighted by Gasteiger charge is -2.15. The van der Waals surface area contributed by atoms with Crippen LogP contribution in [-0.2, 0) is 6.42 Å². The molecule has 0 spiro atoms. The maximum atomic E-state index is 14.1. The summed E-state index contributed by atoms with van der Waals surface area (Å²) in [4.78, 5) is 0. The molecule has 2 aromatic carbocycles. The van der Waals surface area contributed by atoms with Crippen LogP contribution in [0.15, 0.2) is 36.4 Å². The van der Waals surface area contributed by atoms with Gasteiger partial charge >= 0.3 is 0 Å². The van der Waals surface area contributed by atoms with Crippen LogP contribution in [0.3, 0.4) is 0 Å². The zero-order chi connectivity index (χ0) is 15.4. The van der Waals surface area contributed by atoms with Crippen LogP contribution in [0.25, 0.3) is 0 Å². The Labute approximate surface area is 124 Å². The van der Waals surface area contributed by atoms with Crippen LogP contribution in [0.5, 0.6) is 17.2 Å². The second kappa shape index (κ2) is 6.59. The van der Waals surface area contributed by atoms with Crippen molar-refractivity contribution in [2.75, 3.05) is 7.11 Å². The summed E-state index contributed by atoms with van der Waals surface area (Å²) in [6, 6.07) is 10.3. The quantitative estimate of drug-likeness (QED) is 0.910. The molecule has 2 aromatic rings. The molecule has 0 heterocycles. The number of methoxy groups -OCH3 is 1. The van der Waals surface area contributed by atoms with Crippen molar-refractivity contribution < 1.29 is 13.9 Å². The van der Waals surface area contributed by atoms with Crippen LogP contribution in [0.2, 0.25) is 0 Å². The predicted molar refractivity (Wildman–Crippen MR) is 81.6 cm³/mol. The van der Waals surface area contributed by atoms with E-state index in [-0.39, 0.29) is 11.8 Å². The molecule has 0 aromatic heterocycles. The van der Waals surface area contributed by atoms with Crippen molar-refractivity contribution >= 4 is 0 Å². The van der Waals surface area contributed by atoms with E-state index in [1.165, 1.54) is 6.07 Å². The van der Waals surface area contributed by atoms with Gasteiger partial charge in [0.2, 0.25) is 0 Å². The third-order valence-electron chi connectivity index (χ3n) is 3.12. The van der Waals surface area contributed by atoms with Crippen molar-refractivity contribution in [2.45, 2.75) is 26.3 Å². The van der Waals surface area contributed by atoms with Gasteiger partial charge in [-0.2, -0.15) is 0 Å². The van der Waals surface area contributed by atoms with Gasteiger partial charge < -0.3 is 15.2 Å². The molecule has 112 valence electrons. The Kier molecular flexibility index (Phi) is 4.81. The first-order chi connectivity index (χ1) is 10.0. The molecule has 0 fully saturated rings. The number of aryl methyl sites for hydroxylation is 1. The molecule has 0 radical (unpaired) electrons. The first-order valence-electron chi connectivity index (χ1n) is 6.86. The van der Waals surface area contributed by atoms with Gasteiger partial charge in [-0.1, -0.05) is 18.2 Å². The van der Waals surface area contributed by atoms with Crippen LogP contribution >= 0.6 is 0 Å². The second-order valence-electron chi connectivity index (χ2n) is 5.17. The van der Waals surface area contributed by atoms with Gasteiger partial charge in [0.15, 0.2) is 23.1 Å². The molecule has 1 unspecified atom stereocenters. The number of hydrogen-bond acceptors (Lipinski definition) is 3.